The van der Waals surface area contributed by atoms with Crippen LogP contribution in [0.1, 0.15) is 82.4 Å². The third-order valence-corrected chi connectivity index (χ3v) is 11.6. The van der Waals surface area contributed by atoms with Gasteiger partial charge in [0.1, 0.15) is 11.5 Å². The van der Waals surface area contributed by atoms with Crippen LogP contribution in [0.5, 0.6) is 0 Å². The van der Waals surface area contributed by atoms with Gasteiger partial charge < -0.3 is 4.74 Å². The Labute approximate surface area is 266 Å². The second-order valence-electron chi connectivity index (χ2n) is 14.2. The molecular weight excluding hydrogens is 555 g/mol. The summed E-state index contributed by atoms with van der Waals surface area (Å²) in [4.78, 5) is 9.20. The highest BCUT2D eigenvalue weighted by molar-refractivity contribution is 6.89. The van der Waals surface area contributed by atoms with E-state index in [-0.39, 0.29) is 17.8 Å². The van der Waals surface area contributed by atoms with Crippen LogP contribution in [-0.2, 0) is 11.2 Å². The Morgan fingerprint density at radius 3 is 2.48 bits per heavy atom. The first-order valence-electron chi connectivity index (χ1n) is 16.2. The van der Waals surface area contributed by atoms with Gasteiger partial charge in [-0.1, -0.05) is 87.8 Å². The Kier molecular flexibility index (Phi) is 9.27. The third-order valence-electron chi connectivity index (χ3n) is 9.55. The Hall–Kier alpha value is -3.57. The van der Waals surface area contributed by atoms with Crippen molar-refractivity contribution in [1.29, 1.82) is 0 Å². The van der Waals surface area contributed by atoms with Crippen molar-refractivity contribution >= 4 is 25.7 Å². The number of nitrogens with zero attached hydrogens (tertiary/aromatic N) is 3. The van der Waals surface area contributed by atoms with Gasteiger partial charge in [0.2, 0.25) is 17.6 Å². The molecule has 3 heterocycles. The van der Waals surface area contributed by atoms with Crippen molar-refractivity contribution in [3.8, 4) is 11.3 Å². The van der Waals surface area contributed by atoms with Crippen LogP contribution >= 0.6 is 0 Å². The normalized spacial score (nSPS) is 23.1. The zero-order chi connectivity index (χ0) is 31.8. The van der Waals surface area contributed by atoms with Crippen molar-refractivity contribution < 1.29 is 9.30 Å². The van der Waals surface area contributed by atoms with Gasteiger partial charge in [-0.25, -0.2) is 9.98 Å². The van der Waals surface area contributed by atoms with Crippen LogP contribution in [0, 0.1) is 5.92 Å². The molecule has 2 aliphatic heterocycles. The molecule has 0 spiro atoms. The van der Waals surface area contributed by atoms with Crippen molar-refractivity contribution in [3.05, 3.63) is 108 Å². The Morgan fingerprint density at radius 1 is 1.11 bits per heavy atom. The van der Waals surface area contributed by atoms with Gasteiger partial charge in [0.05, 0.1) is 19.7 Å². The minimum absolute atomic E-state index is 0.00207. The van der Waals surface area contributed by atoms with Crippen molar-refractivity contribution in [2.75, 3.05) is 0 Å². The predicted octanol–water partition coefficient (Wildman–Crippen LogP) is 9.29. The zero-order valence-electron chi connectivity index (χ0n) is 27.8. The average Bonchev–Trinajstić information content (AvgIpc) is 3.48. The molecule has 1 aromatic carbocycles. The quantitative estimate of drug-likeness (QED) is 0.128. The van der Waals surface area contributed by atoms with E-state index in [4.69, 9.17) is 16.3 Å². The fraction of sp³-hybridized carbons (Fsp3) is 0.410. The lowest BCUT2D eigenvalue weighted by Crippen LogP contribution is -2.54. The largest absolute Gasteiger partial charge is 0.440 e. The first-order valence-corrected chi connectivity index (χ1v) is 19.7. The summed E-state index contributed by atoms with van der Waals surface area (Å²) in [6.45, 7) is 30.2. The second-order valence-corrected chi connectivity index (χ2v) is 19.3. The number of rotatable bonds is 8. The third kappa shape index (κ3) is 6.44. The molecule has 230 valence electrons. The topological polar surface area (TPSA) is 37.8 Å². The summed E-state index contributed by atoms with van der Waals surface area (Å²) in [7, 11) is -1.66. The summed E-state index contributed by atoms with van der Waals surface area (Å²) < 4.78 is 8.47. The summed E-state index contributed by atoms with van der Waals surface area (Å²) in [6.07, 6.45) is 13.1. The lowest BCUT2D eigenvalue weighted by atomic mass is 9.78. The number of aliphatic imine (C=N–C) groups is 2. The number of benzene rings is 1. The molecule has 2 atom stereocenters. The molecule has 2 unspecified atom stereocenters. The van der Waals surface area contributed by atoms with Crippen molar-refractivity contribution in [1.82, 2.24) is 0 Å². The van der Waals surface area contributed by atoms with E-state index in [2.05, 4.69) is 112 Å². The molecule has 0 amide bonds. The first-order chi connectivity index (χ1) is 20.9. The van der Waals surface area contributed by atoms with Crippen molar-refractivity contribution in [3.63, 3.8) is 0 Å². The highest BCUT2D eigenvalue weighted by atomic mass is 28.3. The molecule has 4 nitrogen and oxygen atoms in total. The first kappa shape index (κ1) is 31.8. The summed E-state index contributed by atoms with van der Waals surface area (Å²) in [5.74, 6) is 1.74. The van der Waals surface area contributed by atoms with Gasteiger partial charge in [-0.05, 0) is 82.5 Å². The fourth-order valence-electron chi connectivity index (χ4n) is 7.53. The summed E-state index contributed by atoms with van der Waals surface area (Å²) in [5, 5.41) is 1.57. The standard InChI is InChI=1S/C39H50N3OSi/c1-25(2)21-35-38(28(5)43-29(6)40-7)26(3)19-20-34-32-17-13-14-18-33(32)36-23-31(22-30-15-11-12-16-30)37(44(8,9)10)24-42(36)39(34)27(4)41-35/h13-14,17-18,21,23-24,30,34,39H,4-7,11-12,15-16,19-20,22H2,1-3,8-10H3/q+1/b38-26-,41-35-. The van der Waals surface area contributed by atoms with E-state index in [1.165, 1.54) is 54.5 Å². The molecule has 5 heteroatoms. The summed E-state index contributed by atoms with van der Waals surface area (Å²) >= 11 is 0. The van der Waals surface area contributed by atoms with Gasteiger partial charge in [0, 0.05) is 22.4 Å². The highest BCUT2D eigenvalue weighted by Crippen LogP contribution is 2.45. The van der Waals surface area contributed by atoms with E-state index in [9.17, 15) is 0 Å². The van der Waals surface area contributed by atoms with E-state index >= 15 is 0 Å². The lowest BCUT2D eigenvalue weighted by Gasteiger charge is -2.32. The maximum atomic E-state index is 5.93. The molecule has 1 aliphatic carbocycles. The number of allylic oxidation sites excluding steroid dienone is 5. The van der Waals surface area contributed by atoms with Crippen LogP contribution in [0.3, 0.4) is 0 Å². The van der Waals surface area contributed by atoms with Crippen molar-refractivity contribution in [2.24, 2.45) is 15.9 Å². The van der Waals surface area contributed by atoms with Gasteiger partial charge >= 0.3 is 0 Å². The number of hydrogen-bond donors (Lipinski definition) is 0. The number of pyridine rings is 1. The van der Waals surface area contributed by atoms with E-state index in [1.54, 1.807) is 10.8 Å². The van der Waals surface area contributed by atoms with Crippen molar-refractivity contribution in [2.45, 2.75) is 97.3 Å². The number of fused-ring (bicyclic) bond motifs is 6. The molecular formula is C39H50N3OSi+. The molecule has 3 aliphatic rings. The maximum absolute atomic E-state index is 5.93. The van der Waals surface area contributed by atoms with Gasteiger partial charge in [-0.2, -0.15) is 4.57 Å². The van der Waals surface area contributed by atoms with Crippen LogP contribution < -0.4 is 9.75 Å². The Balaban J connectivity index is 1.72. The zero-order valence-corrected chi connectivity index (χ0v) is 28.8. The molecule has 2 aromatic rings. The number of ether oxygens (including phenoxy) is 1. The van der Waals surface area contributed by atoms with Crippen LogP contribution in [0.2, 0.25) is 19.6 Å². The molecule has 0 radical (unpaired) electrons. The SMILES string of the molecule is C=NC(=C)OC(=C)C1=C(\C)CCC2c3ccccc3-c3cc(CC4CCCC4)c([Si](C)(C)C)c[n+]3C2C(=C)/N=C\1C=C(C)C. The predicted molar refractivity (Wildman–Crippen MR) is 189 cm³/mol. The maximum Gasteiger partial charge on any atom is 0.213 e. The molecule has 1 fully saturated rings. The average molecular weight is 605 g/mol. The fourth-order valence-corrected chi connectivity index (χ4v) is 9.19. The molecule has 0 N–H and O–H groups in total. The molecule has 0 bridgehead atoms. The van der Waals surface area contributed by atoms with E-state index in [0.717, 1.165) is 41.3 Å². The van der Waals surface area contributed by atoms with Crippen LogP contribution in [0.4, 0.5) is 0 Å². The highest BCUT2D eigenvalue weighted by Gasteiger charge is 2.44. The molecule has 0 saturated heterocycles. The summed E-state index contributed by atoms with van der Waals surface area (Å²) in [6, 6.07) is 11.6. The van der Waals surface area contributed by atoms with E-state index in [1.807, 2.05) is 0 Å². The monoisotopic (exact) mass is 604 g/mol. The molecule has 1 aromatic heterocycles. The number of aromatic nitrogens is 1. The van der Waals surface area contributed by atoms with Gasteiger partial charge in [-0.3, -0.25) is 0 Å². The van der Waals surface area contributed by atoms with Crippen LogP contribution in [-0.4, -0.2) is 20.5 Å². The minimum atomic E-state index is -1.66. The number of hydrogen-bond acceptors (Lipinski definition) is 3. The van der Waals surface area contributed by atoms with Gasteiger partial charge in [-0.15, -0.1) is 0 Å². The van der Waals surface area contributed by atoms with E-state index < -0.39 is 8.07 Å². The Bertz CT molecular complexity index is 1610. The summed E-state index contributed by atoms with van der Waals surface area (Å²) in [5.41, 5.74) is 10.5. The molecule has 1 saturated carbocycles. The van der Waals surface area contributed by atoms with E-state index in [0.29, 0.717) is 5.76 Å². The van der Waals surface area contributed by atoms with Crippen LogP contribution in [0.25, 0.3) is 11.3 Å². The lowest BCUT2D eigenvalue weighted by molar-refractivity contribution is -0.708. The second kappa shape index (κ2) is 12.8. The Morgan fingerprint density at radius 2 is 1.82 bits per heavy atom. The van der Waals surface area contributed by atoms with Crippen LogP contribution in [0.15, 0.2) is 106 Å². The molecule has 44 heavy (non-hydrogen) atoms. The molecule has 5 rings (SSSR count). The van der Waals surface area contributed by atoms with Gasteiger partial charge in [0.15, 0.2) is 6.20 Å². The minimum Gasteiger partial charge on any atom is -0.440 e. The van der Waals surface area contributed by atoms with Gasteiger partial charge in [0.25, 0.3) is 0 Å². The smallest absolute Gasteiger partial charge is 0.213 e.